The molecule has 3 aromatic rings. The van der Waals surface area contributed by atoms with Gasteiger partial charge in [0.25, 0.3) is 5.91 Å². The molecule has 3 N–H and O–H groups in total. The number of fused-ring (bicyclic) bond motifs is 3. The summed E-state index contributed by atoms with van der Waals surface area (Å²) in [5, 5.41) is 15.8. The first kappa shape index (κ1) is 22.5. The van der Waals surface area contributed by atoms with Crippen LogP contribution < -0.4 is 10.6 Å². The molecule has 0 saturated carbocycles. The third-order valence-electron chi connectivity index (χ3n) is 5.54. The first-order valence-corrected chi connectivity index (χ1v) is 11.4. The number of benzene rings is 2. The summed E-state index contributed by atoms with van der Waals surface area (Å²) in [6.07, 6.45) is -0.347. The van der Waals surface area contributed by atoms with Gasteiger partial charge < -0.3 is 15.2 Å². The van der Waals surface area contributed by atoms with E-state index in [4.69, 9.17) is 9.84 Å². The fourth-order valence-corrected chi connectivity index (χ4v) is 4.60. The molecule has 0 radical (unpaired) electrons. The van der Waals surface area contributed by atoms with Crippen molar-refractivity contribution >= 4 is 34.4 Å². The van der Waals surface area contributed by atoms with Crippen molar-refractivity contribution in [3.05, 3.63) is 70.7 Å². The van der Waals surface area contributed by atoms with Crippen LogP contribution in [0.5, 0.6) is 0 Å². The normalized spacial score (nSPS) is 13.0. The molecule has 33 heavy (non-hydrogen) atoms. The quantitative estimate of drug-likeness (QED) is 0.451. The highest BCUT2D eigenvalue weighted by Gasteiger charge is 2.29. The summed E-state index contributed by atoms with van der Waals surface area (Å²) in [5.41, 5.74) is 4.63. The molecule has 9 heteroatoms. The predicted octanol–water partition coefficient (Wildman–Crippen LogP) is 4.49. The number of carbonyl (C=O) groups is 3. The van der Waals surface area contributed by atoms with Gasteiger partial charge in [-0.15, -0.1) is 11.3 Å². The average Bonchev–Trinajstić information content (AvgIpc) is 3.39. The molecule has 1 atom stereocenters. The number of rotatable bonds is 8. The van der Waals surface area contributed by atoms with Crippen LogP contribution >= 0.6 is 11.3 Å². The maximum absolute atomic E-state index is 12.4. The smallest absolute Gasteiger partial charge is 0.413 e. The number of amides is 2. The minimum absolute atomic E-state index is 0.0546. The van der Waals surface area contributed by atoms with Gasteiger partial charge in [0.05, 0.1) is 6.42 Å². The highest BCUT2D eigenvalue weighted by molar-refractivity contribution is 7.14. The fourth-order valence-electron chi connectivity index (χ4n) is 3.92. The number of ether oxygens (including phenoxy) is 1. The summed E-state index contributed by atoms with van der Waals surface area (Å²) < 4.78 is 5.49. The number of aliphatic carboxylic acids is 1. The molecule has 2 amide bonds. The maximum atomic E-state index is 12.4. The second kappa shape index (κ2) is 9.83. The third kappa shape index (κ3) is 5.04. The van der Waals surface area contributed by atoms with Crippen LogP contribution in [0, 0.1) is 0 Å². The average molecular weight is 466 g/mol. The van der Waals surface area contributed by atoms with E-state index in [1.165, 1.54) is 5.38 Å². The van der Waals surface area contributed by atoms with Gasteiger partial charge in [0.15, 0.2) is 5.13 Å². The van der Waals surface area contributed by atoms with Gasteiger partial charge >= 0.3 is 12.1 Å². The minimum Gasteiger partial charge on any atom is -0.481 e. The van der Waals surface area contributed by atoms with Crippen LogP contribution in [-0.4, -0.2) is 40.7 Å². The Morgan fingerprint density at radius 2 is 1.73 bits per heavy atom. The van der Waals surface area contributed by atoms with Crippen LogP contribution in [0.3, 0.4) is 0 Å². The number of nitrogens with one attached hydrogen (secondary N) is 2. The Labute approximate surface area is 194 Å². The van der Waals surface area contributed by atoms with E-state index in [0.717, 1.165) is 33.6 Å². The van der Waals surface area contributed by atoms with Gasteiger partial charge in [-0.1, -0.05) is 55.5 Å². The molecule has 8 nitrogen and oxygen atoms in total. The van der Waals surface area contributed by atoms with Crippen LogP contribution in [-0.2, 0) is 9.53 Å². The van der Waals surface area contributed by atoms with E-state index in [1.807, 2.05) is 36.4 Å². The first-order valence-electron chi connectivity index (χ1n) is 10.6. The molecule has 0 saturated heterocycles. The lowest BCUT2D eigenvalue weighted by Gasteiger charge is -2.14. The van der Waals surface area contributed by atoms with Crippen LogP contribution in [0.15, 0.2) is 53.9 Å². The molecular weight excluding hydrogens is 442 g/mol. The van der Waals surface area contributed by atoms with Crippen molar-refractivity contribution in [2.24, 2.45) is 0 Å². The SMILES string of the molecule is CCC(CC(=O)O)NC(=O)c1csc(NC(=O)OCC2c3ccccc3-c3ccccc32)n1. The zero-order valence-electron chi connectivity index (χ0n) is 17.9. The zero-order valence-corrected chi connectivity index (χ0v) is 18.7. The van der Waals surface area contributed by atoms with E-state index >= 15 is 0 Å². The van der Waals surface area contributed by atoms with Crippen molar-refractivity contribution < 1.29 is 24.2 Å². The van der Waals surface area contributed by atoms with Crippen molar-refractivity contribution in [1.82, 2.24) is 10.3 Å². The Hall–Kier alpha value is -3.72. The molecule has 0 aliphatic heterocycles. The van der Waals surface area contributed by atoms with Gasteiger partial charge in [-0.2, -0.15) is 0 Å². The lowest BCUT2D eigenvalue weighted by Crippen LogP contribution is -2.36. The molecule has 0 bridgehead atoms. The van der Waals surface area contributed by atoms with Gasteiger partial charge in [-0.05, 0) is 28.7 Å². The molecule has 2 aromatic carbocycles. The Morgan fingerprint density at radius 1 is 1.09 bits per heavy atom. The third-order valence-corrected chi connectivity index (χ3v) is 6.30. The van der Waals surface area contributed by atoms with E-state index in [-0.39, 0.29) is 29.8 Å². The molecule has 170 valence electrons. The van der Waals surface area contributed by atoms with Gasteiger partial charge in [0.1, 0.15) is 12.3 Å². The Kier molecular flexibility index (Phi) is 6.69. The highest BCUT2D eigenvalue weighted by atomic mass is 32.1. The molecule has 1 aliphatic rings. The number of thiazole rings is 1. The Bertz CT molecular complexity index is 1150. The van der Waals surface area contributed by atoms with E-state index in [1.54, 1.807) is 6.92 Å². The van der Waals surface area contributed by atoms with Crippen molar-refractivity contribution in [3.8, 4) is 11.1 Å². The summed E-state index contributed by atoms with van der Waals surface area (Å²) in [7, 11) is 0. The molecule has 1 aliphatic carbocycles. The number of hydrogen-bond donors (Lipinski definition) is 3. The number of nitrogens with zero attached hydrogens (tertiary/aromatic N) is 1. The number of hydrogen-bond acceptors (Lipinski definition) is 6. The van der Waals surface area contributed by atoms with Gasteiger partial charge in [-0.3, -0.25) is 14.9 Å². The van der Waals surface area contributed by atoms with Crippen molar-refractivity contribution in [3.63, 3.8) is 0 Å². The van der Waals surface area contributed by atoms with Gasteiger partial charge in [0, 0.05) is 17.3 Å². The first-order chi connectivity index (χ1) is 16.0. The van der Waals surface area contributed by atoms with E-state index in [0.29, 0.717) is 6.42 Å². The highest BCUT2D eigenvalue weighted by Crippen LogP contribution is 2.44. The summed E-state index contributed by atoms with van der Waals surface area (Å²) in [5.74, 6) is -1.53. The summed E-state index contributed by atoms with van der Waals surface area (Å²) in [6.45, 7) is 1.96. The standard InChI is InChI=1S/C24H23N3O5S/c1-2-14(11-21(28)29)25-22(30)20-13-33-23(26-20)27-24(31)32-12-19-17-9-5-3-7-15(17)16-8-4-6-10-18(16)19/h3-10,13-14,19H,2,11-12H2,1H3,(H,25,30)(H,28,29)(H,26,27,31). The number of aromatic nitrogens is 1. The van der Waals surface area contributed by atoms with E-state index in [2.05, 4.69) is 27.8 Å². The van der Waals surface area contributed by atoms with Crippen molar-refractivity contribution in [2.45, 2.75) is 31.7 Å². The monoisotopic (exact) mass is 465 g/mol. The second-order valence-electron chi connectivity index (χ2n) is 7.66. The Morgan fingerprint density at radius 3 is 2.33 bits per heavy atom. The van der Waals surface area contributed by atoms with Crippen LogP contribution in [0.1, 0.15) is 47.3 Å². The maximum Gasteiger partial charge on any atom is 0.413 e. The lowest BCUT2D eigenvalue weighted by atomic mass is 9.98. The van der Waals surface area contributed by atoms with Gasteiger partial charge in [-0.25, -0.2) is 9.78 Å². The van der Waals surface area contributed by atoms with E-state index in [9.17, 15) is 14.4 Å². The largest absolute Gasteiger partial charge is 0.481 e. The second-order valence-corrected chi connectivity index (χ2v) is 8.52. The van der Waals surface area contributed by atoms with E-state index < -0.39 is 24.0 Å². The molecule has 1 aromatic heterocycles. The topological polar surface area (TPSA) is 118 Å². The van der Waals surface area contributed by atoms with Gasteiger partial charge in [0.2, 0.25) is 0 Å². The minimum atomic E-state index is -0.988. The van der Waals surface area contributed by atoms with Crippen molar-refractivity contribution in [1.29, 1.82) is 0 Å². The van der Waals surface area contributed by atoms with Crippen LogP contribution in [0.2, 0.25) is 0 Å². The van der Waals surface area contributed by atoms with Crippen LogP contribution in [0.4, 0.5) is 9.93 Å². The molecule has 0 fully saturated rings. The summed E-state index contributed by atoms with van der Waals surface area (Å²) >= 11 is 1.09. The molecule has 4 rings (SSSR count). The lowest BCUT2D eigenvalue weighted by molar-refractivity contribution is -0.137. The fraction of sp³-hybridized carbons (Fsp3) is 0.250. The number of carbonyl (C=O) groups excluding carboxylic acids is 2. The van der Waals surface area contributed by atoms with Crippen LogP contribution in [0.25, 0.3) is 11.1 Å². The molecule has 1 heterocycles. The summed E-state index contributed by atoms with van der Waals surface area (Å²) in [4.78, 5) is 39.7. The van der Waals surface area contributed by atoms with Crippen molar-refractivity contribution in [2.75, 3.05) is 11.9 Å². The molecular formula is C24H23N3O5S. The zero-order chi connectivity index (χ0) is 23.4. The summed E-state index contributed by atoms with van der Waals surface area (Å²) in [6, 6.07) is 15.7. The number of carboxylic acids is 1. The number of anilines is 1. The molecule has 0 spiro atoms. The molecule has 1 unspecified atom stereocenters. The number of carboxylic acid groups (broad SMARTS) is 1. The Balaban J connectivity index is 1.35. The predicted molar refractivity (Wildman–Crippen MR) is 125 cm³/mol.